The van der Waals surface area contributed by atoms with Crippen LogP contribution in [0.1, 0.15) is 12.5 Å². The van der Waals surface area contributed by atoms with Crippen LogP contribution in [0.5, 0.6) is 5.75 Å². The van der Waals surface area contributed by atoms with Crippen LogP contribution < -0.4 is 20.1 Å². The molecule has 0 unspecified atom stereocenters. The van der Waals surface area contributed by atoms with Gasteiger partial charge in [0.15, 0.2) is 5.96 Å². The molecule has 0 aliphatic carbocycles. The van der Waals surface area contributed by atoms with Crippen LogP contribution >= 0.6 is 35.6 Å². The van der Waals surface area contributed by atoms with E-state index >= 15 is 0 Å². The van der Waals surface area contributed by atoms with Crippen molar-refractivity contribution >= 4 is 51.6 Å². The van der Waals surface area contributed by atoms with Crippen molar-refractivity contribution in [2.75, 3.05) is 39.5 Å². The number of ether oxygens (including phenoxy) is 1. The van der Waals surface area contributed by atoms with E-state index < -0.39 is 10.0 Å². The molecule has 0 bridgehead atoms. The Morgan fingerprint density at radius 3 is 2.56 bits per heavy atom. The first-order chi connectivity index (χ1) is 11.4. The molecule has 0 saturated heterocycles. The Hall–Kier alpha value is -0.780. The zero-order valence-corrected chi connectivity index (χ0v) is 18.5. The molecule has 0 saturated carbocycles. The van der Waals surface area contributed by atoms with Gasteiger partial charge in [-0.05, 0) is 31.0 Å². The van der Waals surface area contributed by atoms with E-state index in [4.69, 9.17) is 16.3 Å². The van der Waals surface area contributed by atoms with Gasteiger partial charge in [-0.15, -0.1) is 24.0 Å². The molecule has 0 radical (unpaired) electrons. The number of nitrogens with one attached hydrogen (secondary N) is 3. The number of hydrogen-bond acceptors (Lipinski definition) is 4. The van der Waals surface area contributed by atoms with Crippen LogP contribution in [0.4, 0.5) is 0 Å². The Balaban J connectivity index is 0.00000576. The van der Waals surface area contributed by atoms with E-state index in [-0.39, 0.29) is 30.5 Å². The molecule has 0 amide bonds. The smallest absolute Gasteiger partial charge is 0.208 e. The van der Waals surface area contributed by atoms with Crippen molar-refractivity contribution < 1.29 is 13.2 Å². The number of hydrogen-bond donors (Lipinski definition) is 3. The molecule has 0 aliphatic heterocycles. The van der Waals surface area contributed by atoms with Crippen molar-refractivity contribution in [2.24, 2.45) is 4.99 Å². The van der Waals surface area contributed by atoms with Crippen molar-refractivity contribution in [3.8, 4) is 5.75 Å². The lowest BCUT2D eigenvalue weighted by molar-refractivity contribution is 0.414. The van der Waals surface area contributed by atoms with E-state index in [0.717, 1.165) is 24.0 Å². The predicted octanol–water partition coefficient (Wildman–Crippen LogP) is 1.61. The highest BCUT2D eigenvalue weighted by molar-refractivity contribution is 14.0. The highest BCUT2D eigenvalue weighted by Crippen LogP contribution is 2.22. The van der Waals surface area contributed by atoms with Gasteiger partial charge >= 0.3 is 0 Å². The Bertz CT molecular complexity index is 656. The van der Waals surface area contributed by atoms with E-state index in [1.807, 2.05) is 19.1 Å². The van der Waals surface area contributed by atoms with Crippen LogP contribution in [0, 0.1) is 0 Å². The SMILES string of the molecule is CCNC(=NCCNS(C)(=O)=O)NCCc1ccc(OC)cc1Cl.I. The summed E-state index contributed by atoms with van der Waals surface area (Å²) in [7, 11) is -1.58. The molecular formula is C15H26ClIN4O3S. The maximum absolute atomic E-state index is 11.0. The van der Waals surface area contributed by atoms with Crippen LogP contribution in [0.25, 0.3) is 0 Å². The molecule has 0 aromatic heterocycles. The van der Waals surface area contributed by atoms with Crippen LogP contribution in [0.15, 0.2) is 23.2 Å². The number of benzene rings is 1. The van der Waals surface area contributed by atoms with E-state index in [0.29, 0.717) is 30.6 Å². The molecule has 0 atom stereocenters. The van der Waals surface area contributed by atoms with Gasteiger partial charge in [-0.3, -0.25) is 4.99 Å². The minimum absolute atomic E-state index is 0. The summed E-state index contributed by atoms with van der Waals surface area (Å²) < 4.78 is 29.5. The predicted molar refractivity (Wildman–Crippen MR) is 114 cm³/mol. The number of rotatable bonds is 9. The Labute approximate surface area is 172 Å². The third-order valence-electron chi connectivity index (χ3n) is 3.04. The summed E-state index contributed by atoms with van der Waals surface area (Å²) in [5.74, 6) is 1.36. The summed E-state index contributed by atoms with van der Waals surface area (Å²) in [6.45, 7) is 3.95. The number of aliphatic imine (C=N–C) groups is 1. The highest BCUT2D eigenvalue weighted by Gasteiger charge is 2.04. The van der Waals surface area contributed by atoms with Gasteiger partial charge in [-0.2, -0.15) is 0 Å². The largest absolute Gasteiger partial charge is 0.497 e. The van der Waals surface area contributed by atoms with Gasteiger partial charge in [-0.25, -0.2) is 13.1 Å². The molecule has 144 valence electrons. The molecule has 3 N–H and O–H groups in total. The molecule has 10 heteroatoms. The minimum Gasteiger partial charge on any atom is -0.497 e. The average molecular weight is 505 g/mol. The monoisotopic (exact) mass is 504 g/mol. The van der Waals surface area contributed by atoms with Crippen LogP contribution in [-0.4, -0.2) is 53.9 Å². The van der Waals surface area contributed by atoms with Crippen molar-refractivity contribution in [3.63, 3.8) is 0 Å². The summed E-state index contributed by atoms with van der Waals surface area (Å²) in [6, 6.07) is 5.59. The number of methoxy groups -OCH3 is 1. The lowest BCUT2D eigenvalue weighted by Crippen LogP contribution is -2.39. The zero-order chi connectivity index (χ0) is 18.0. The Morgan fingerprint density at radius 2 is 2.00 bits per heavy atom. The summed E-state index contributed by atoms with van der Waals surface area (Å²) in [4.78, 5) is 4.31. The molecule has 0 aliphatic rings. The molecule has 0 spiro atoms. The van der Waals surface area contributed by atoms with E-state index in [1.165, 1.54) is 0 Å². The molecule has 7 nitrogen and oxygen atoms in total. The molecule has 1 aromatic rings. The zero-order valence-electron chi connectivity index (χ0n) is 14.6. The fourth-order valence-corrected chi connectivity index (χ4v) is 2.64. The van der Waals surface area contributed by atoms with Crippen molar-refractivity contribution in [1.82, 2.24) is 15.4 Å². The van der Waals surface area contributed by atoms with Gasteiger partial charge in [0.2, 0.25) is 10.0 Å². The highest BCUT2D eigenvalue weighted by atomic mass is 127. The first-order valence-electron chi connectivity index (χ1n) is 7.65. The maximum Gasteiger partial charge on any atom is 0.208 e. The molecule has 0 fully saturated rings. The lowest BCUT2D eigenvalue weighted by atomic mass is 10.1. The lowest BCUT2D eigenvalue weighted by Gasteiger charge is -2.12. The second kappa shape index (κ2) is 12.6. The number of nitrogens with zero attached hydrogens (tertiary/aromatic N) is 1. The summed E-state index contributed by atoms with van der Waals surface area (Å²) in [6.07, 6.45) is 1.85. The number of sulfonamides is 1. The molecule has 0 heterocycles. The normalized spacial score (nSPS) is 11.6. The Kier molecular flexibility index (Phi) is 12.2. The van der Waals surface area contributed by atoms with Gasteiger partial charge in [0.05, 0.1) is 19.9 Å². The van der Waals surface area contributed by atoms with Crippen LogP contribution in [0.3, 0.4) is 0 Å². The van der Waals surface area contributed by atoms with Gasteiger partial charge in [-0.1, -0.05) is 17.7 Å². The second-order valence-corrected chi connectivity index (χ2v) is 7.30. The topological polar surface area (TPSA) is 91.8 Å². The van der Waals surface area contributed by atoms with Crippen molar-refractivity contribution in [3.05, 3.63) is 28.8 Å². The van der Waals surface area contributed by atoms with Crippen LogP contribution in [-0.2, 0) is 16.4 Å². The summed E-state index contributed by atoms with van der Waals surface area (Å²) in [5, 5.41) is 6.96. The van der Waals surface area contributed by atoms with Crippen molar-refractivity contribution in [1.29, 1.82) is 0 Å². The first kappa shape index (κ1) is 24.2. The number of halogens is 2. The van der Waals surface area contributed by atoms with Gasteiger partial charge in [0.25, 0.3) is 0 Å². The van der Waals surface area contributed by atoms with E-state index in [2.05, 4.69) is 20.3 Å². The second-order valence-electron chi connectivity index (χ2n) is 5.06. The van der Waals surface area contributed by atoms with Crippen molar-refractivity contribution in [2.45, 2.75) is 13.3 Å². The summed E-state index contributed by atoms with van der Waals surface area (Å²) in [5.41, 5.74) is 1.01. The van der Waals surface area contributed by atoms with Gasteiger partial charge in [0, 0.05) is 24.7 Å². The van der Waals surface area contributed by atoms with Gasteiger partial charge in [0.1, 0.15) is 5.75 Å². The maximum atomic E-state index is 11.0. The molecule has 1 aromatic carbocycles. The molecular weight excluding hydrogens is 479 g/mol. The fourth-order valence-electron chi connectivity index (χ4n) is 1.91. The van der Waals surface area contributed by atoms with E-state index in [9.17, 15) is 8.42 Å². The fraction of sp³-hybridized carbons (Fsp3) is 0.533. The minimum atomic E-state index is -3.18. The third kappa shape index (κ3) is 10.7. The standard InChI is InChI=1S/C15H25ClN4O3S.HI/c1-4-17-15(19-9-10-20-24(3,21)22)18-8-7-12-5-6-13(23-2)11-14(12)16;/h5-6,11,20H,4,7-10H2,1-3H3,(H2,17,18,19);1H. The average Bonchev–Trinajstić information content (AvgIpc) is 2.52. The third-order valence-corrected chi connectivity index (χ3v) is 4.12. The molecule has 25 heavy (non-hydrogen) atoms. The Morgan fingerprint density at radius 1 is 1.28 bits per heavy atom. The molecule has 1 rings (SSSR count). The van der Waals surface area contributed by atoms with E-state index in [1.54, 1.807) is 13.2 Å². The number of guanidine groups is 1. The summed E-state index contributed by atoms with van der Waals surface area (Å²) >= 11 is 6.21. The first-order valence-corrected chi connectivity index (χ1v) is 9.92. The quantitative estimate of drug-likeness (QED) is 0.206. The van der Waals surface area contributed by atoms with Crippen LogP contribution in [0.2, 0.25) is 5.02 Å². The van der Waals surface area contributed by atoms with Gasteiger partial charge < -0.3 is 15.4 Å².